The SMILES string of the molecule is CC1(Cn2ccnc2)CCCN(C(=O)[C@H]2CN([C@@H]3c4ccc(Cl)cc4CCc4cccnc43)CCN2C(=O)OC(C)(C)C)C1.CC1(Cn2ccnc2)CCCN(C(=O)[C@H]2CN([C@H]3c4ccc(Cl)cc4CCc4cccnc43)CCN2C(=O)OC(C)(C)C)C1. The molecular weight excluding hydrogens is 1150 g/mol. The zero-order valence-electron chi connectivity index (χ0n) is 52.4. The van der Waals surface area contributed by atoms with Crippen LogP contribution in [0.15, 0.2) is 110 Å². The van der Waals surface area contributed by atoms with Gasteiger partial charge in [0.2, 0.25) is 11.8 Å². The summed E-state index contributed by atoms with van der Waals surface area (Å²) in [6.07, 6.45) is 21.3. The van der Waals surface area contributed by atoms with Crippen LogP contribution in [-0.2, 0) is 57.8 Å². The van der Waals surface area contributed by atoms with E-state index in [4.69, 9.17) is 42.6 Å². The lowest BCUT2D eigenvalue weighted by atomic mass is 9.81. The summed E-state index contributed by atoms with van der Waals surface area (Å²) in [7, 11) is 0. The Balaban J connectivity index is 0.000000182. The number of amides is 4. The molecule has 0 radical (unpaired) electrons. The normalized spacial score (nSPS) is 24.3. The highest BCUT2D eigenvalue weighted by atomic mass is 35.5. The van der Waals surface area contributed by atoms with Gasteiger partial charge in [0.05, 0.1) is 36.1 Å². The molecule has 8 heterocycles. The first-order valence-corrected chi connectivity index (χ1v) is 32.2. The third-order valence-corrected chi connectivity index (χ3v) is 18.8. The molecule has 0 saturated carbocycles. The number of imidazole rings is 2. The van der Waals surface area contributed by atoms with Gasteiger partial charge in [-0.15, -0.1) is 0 Å². The minimum Gasteiger partial charge on any atom is -0.444 e. The Hall–Kier alpha value is -6.86. The second kappa shape index (κ2) is 25.9. The number of rotatable bonds is 8. The number of ether oxygens (including phenoxy) is 2. The van der Waals surface area contributed by atoms with Gasteiger partial charge < -0.3 is 28.4 Å². The van der Waals surface area contributed by atoms with Crippen molar-refractivity contribution in [2.24, 2.45) is 10.8 Å². The number of hydrogen-bond acceptors (Lipinski definition) is 12. The van der Waals surface area contributed by atoms with Crippen molar-refractivity contribution in [1.29, 1.82) is 0 Å². The maximum atomic E-state index is 14.6. The summed E-state index contributed by atoms with van der Waals surface area (Å²) in [5.41, 5.74) is 7.62. The van der Waals surface area contributed by atoms with Crippen LogP contribution in [-0.4, -0.2) is 171 Å². The average molecular weight is 1240 g/mol. The minimum atomic E-state index is -0.680. The number of carbonyl (C=O) groups excluding carboxylic acids is 4. The van der Waals surface area contributed by atoms with Crippen LogP contribution < -0.4 is 0 Å². The van der Waals surface area contributed by atoms with Crippen molar-refractivity contribution < 1.29 is 28.7 Å². The van der Waals surface area contributed by atoms with E-state index in [1.807, 2.05) is 113 Å². The number of aromatic nitrogens is 6. The summed E-state index contributed by atoms with van der Waals surface area (Å²) < 4.78 is 15.9. The Morgan fingerprint density at radius 3 is 1.34 bits per heavy atom. The van der Waals surface area contributed by atoms with Gasteiger partial charge in [-0.1, -0.05) is 61.3 Å². The summed E-state index contributed by atoms with van der Waals surface area (Å²) in [5.74, 6) is -0.0494. The van der Waals surface area contributed by atoms with E-state index in [9.17, 15) is 19.2 Å². The van der Waals surface area contributed by atoms with Crippen molar-refractivity contribution in [2.75, 3.05) is 65.4 Å². The summed E-state index contributed by atoms with van der Waals surface area (Å²) in [6, 6.07) is 18.8. The number of piperidine rings is 2. The lowest BCUT2D eigenvalue weighted by Crippen LogP contribution is -2.63. The highest BCUT2D eigenvalue weighted by Crippen LogP contribution is 2.42. The molecule has 0 bridgehead atoms. The van der Waals surface area contributed by atoms with E-state index in [0.29, 0.717) is 75.5 Å². The van der Waals surface area contributed by atoms with Crippen molar-refractivity contribution in [3.05, 3.63) is 165 Å². The standard InChI is InChI=1S/2C34H43ClN6O3/c2*1-33(2,3)44-32(43)41-18-17-39(30-27-11-10-26(35)19-25(27)9-8-24-7-5-13-37-29(24)30)20-28(41)31(42)40-15-6-12-34(4,22-40)21-38-16-14-36-23-38/h2*5,7,10-11,13-14,16,19,23,28,30H,6,8-9,12,15,17-18,20-22H2,1-4H3/t28-,30+,34?;28-,30-,34?/m11/s1. The highest BCUT2D eigenvalue weighted by Gasteiger charge is 2.47. The van der Waals surface area contributed by atoms with Gasteiger partial charge in [-0.25, -0.2) is 19.6 Å². The van der Waals surface area contributed by atoms with Crippen molar-refractivity contribution in [2.45, 2.75) is 155 Å². The number of nitrogens with zero attached hydrogens (tertiary/aromatic N) is 12. The first-order valence-electron chi connectivity index (χ1n) is 31.4. The third-order valence-electron chi connectivity index (χ3n) is 18.3. The third kappa shape index (κ3) is 14.4. The molecule has 2 unspecified atom stereocenters. The van der Waals surface area contributed by atoms with Crippen LogP contribution in [0.25, 0.3) is 0 Å². The van der Waals surface area contributed by atoms with E-state index in [1.54, 1.807) is 22.2 Å². The molecule has 4 fully saturated rings. The Morgan fingerprint density at radius 1 is 0.545 bits per heavy atom. The Kier molecular flexibility index (Phi) is 18.5. The fraction of sp³-hybridized carbons (Fsp3) is 0.529. The first kappa shape index (κ1) is 62.7. The van der Waals surface area contributed by atoms with Gasteiger partial charge in [0.1, 0.15) is 23.3 Å². The number of piperazine rings is 2. The van der Waals surface area contributed by atoms with E-state index >= 15 is 0 Å². The van der Waals surface area contributed by atoms with Gasteiger partial charge in [0.15, 0.2) is 0 Å². The zero-order valence-corrected chi connectivity index (χ0v) is 53.9. The van der Waals surface area contributed by atoms with E-state index in [1.165, 1.54) is 22.3 Å². The maximum Gasteiger partial charge on any atom is 0.411 e. The summed E-state index contributed by atoms with van der Waals surface area (Å²) in [5, 5.41) is 1.43. The number of carbonyl (C=O) groups is 4. The molecule has 6 aromatic rings. The Labute approximate surface area is 528 Å². The molecule has 2 aromatic carbocycles. The molecule has 6 atom stereocenters. The first-order chi connectivity index (χ1) is 42.0. The molecule has 0 N–H and O–H groups in total. The Bertz CT molecular complexity index is 3230. The number of hydrogen-bond donors (Lipinski definition) is 0. The molecule has 6 aliphatic rings. The van der Waals surface area contributed by atoms with E-state index in [0.717, 1.165) is 87.0 Å². The monoisotopic (exact) mass is 1240 g/mol. The van der Waals surface area contributed by atoms with Crippen molar-refractivity contribution in [1.82, 2.24) is 58.5 Å². The molecule has 2 aliphatic carbocycles. The lowest BCUT2D eigenvalue weighted by Gasteiger charge is -2.47. The predicted molar refractivity (Wildman–Crippen MR) is 339 cm³/mol. The van der Waals surface area contributed by atoms with Gasteiger partial charge >= 0.3 is 12.2 Å². The summed E-state index contributed by atoms with van der Waals surface area (Å²) in [6.45, 7) is 22.5. The predicted octanol–water partition coefficient (Wildman–Crippen LogP) is 10.7. The van der Waals surface area contributed by atoms with Crippen LogP contribution in [0.1, 0.15) is 138 Å². The van der Waals surface area contributed by atoms with Crippen molar-refractivity contribution >= 4 is 47.2 Å². The second-order valence-electron chi connectivity index (χ2n) is 27.8. The van der Waals surface area contributed by atoms with Gasteiger partial charge in [0, 0.05) is 137 Å². The zero-order chi connectivity index (χ0) is 62.1. The molecular formula is C68H86Cl2N12O6. The molecule has 20 heteroatoms. The number of fused-ring (bicyclic) bond motifs is 4. The van der Waals surface area contributed by atoms with Gasteiger partial charge in [0.25, 0.3) is 0 Å². The summed E-state index contributed by atoms with van der Waals surface area (Å²) in [4.78, 5) is 86.4. The van der Waals surface area contributed by atoms with Gasteiger partial charge in [-0.2, -0.15) is 0 Å². The van der Waals surface area contributed by atoms with Crippen LogP contribution in [0, 0.1) is 10.8 Å². The number of aryl methyl sites for hydroxylation is 4. The van der Waals surface area contributed by atoms with E-state index < -0.39 is 35.5 Å². The molecule has 4 aliphatic heterocycles. The van der Waals surface area contributed by atoms with Crippen molar-refractivity contribution in [3.63, 3.8) is 0 Å². The number of benzene rings is 2. The second-order valence-corrected chi connectivity index (χ2v) is 28.6. The molecule has 4 amide bonds. The quantitative estimate of drug-likeness (QED) is 0.142. The number of pyridine rings is 2. The van der Waals surface area contributed by atoms with Gasteiger partial charge in [-0.3, -0.25) is 39.2 Å². The molecule has 88 heavy (non-hydrogen) atoms. The fourth-order valence-electron chi connectivity index (χ4n) is 14.4. The topological polar surface area (TPSA) is 168 Å². The van der Waals surface area contributed by atoms with E-state index in [-0.39, 0.29) is 34.7 Å². The van der Waals surface area contributed by atoms with Crippen LogP contribution in [0.5, 0.6) is 0 Å². The van der Waals surface area contributed by atoms with E-state index in [2.05, 4.69) is 79.1 Å². The lowest BCUT2D eigenvalue weighted by molar-refractivity contribution is -0.143. The minimum absolute atomic E-state index is 0.0247. The molecule has 18 nitrogen and oxygen atoms in total. The molecule has 468 valence electrons. The summed E-state index contributed by atoms with van der Waals surface area (Å²) >= 11 is 12.9. The van der Waals surface area contributed by atoms with Crippen LogP contribution in [0.3, 0.4) is 0 Å². The number of halogens is 2. The molecule has 4 saturated heterocycles. The highest BCUT2D eigenvalue weighted by molar-refractivity contribution is 6.31. The maximum absolute atomic E-state index is 14.6. The van der Waals surface area contributed by atoms with Crippen LogP contribution in [0.2, 0.25) is 10.0 Å². The fourth-order valence-corrected chi connectivity index (χ4v) is 14.8. The smallest absolute Gasteiger partial charge is 0.411 e. The van der Waals surface area contributed by atoms with Gasteiger partial charge in [-0.05, 0) is 163 Å². The average Bonchev–Trinajstić information content (AvgIpc) is 2.01. The van der Waals surface area contributed by atoms with Crippen LogP contribution in [0.4, 0.5) is 9.59 Å². The van der Waals surface area contributed by atoms with Crippen molar-refractivity contribution in [3.8, 4) is 0 Å². The largest absolute Gasteiger partial charge is 0.444 e. The van der Waals surface area contributed by atoms with Crippen LogP contribution >= 0.6 is 23.2 Å². The Morgan fingerprint density at radius 2 is 0.955 bits per heavy atom. The molecule has 12 rings (SSSR count). The molecule has 0 spiro atoms. The number of likely N-dealkylation sites (tertiary alicyclic amines) is 2. The molecule has 4 aromatic heterocycles.